The number of rotatable bonds is 2. The van der Waals surface area contributed by atoms with Crippen LogP contribution in [0.4, 0.5) is 5.69 Å². The minimum atomic E-state index is -0.365. The average Bonchev–Trinajstić information content (AvgIpc) is 3.15. The van der Waals surface area contributed by atoms with Gasteiger partial charge in [-0.05, 0) is 33.9 Å². The van der Waals surface area contributed by atoms with Crippen LogP contribution in [0.15, 0.2) is 103 Å². The van der Waals surface area contributed by atoms with Gasteiger partial charge in [0, 0.05) is 17.4 Å². The van der Waals surface area contributed by atoms with Gasteiger partial charge in [0.2, 0.25) is 11.8 Å². The Bertz CT molecular complexity index is 1330. The molecule has 4 aromatic carbocycles. The third-order valence-electron chi connectivity index (χ3n) is 7.68. The number of imide groups is 1. The molecule has 33 heavy (non-hydrogen) atoms. The summed E-state index contributed by atoms with van der Waals surface area (Å²) in [6, 6.07) is 34.4. The predicted octanol–water partition coefficient (Wildman–Crippen LogP) is 5.75. The van der Waals surface area contributed by atoms with E-state index in [1.54, 1.807) is 0 Å². The zero-order valence-electron chi connectivity index (χ0n) is 17.9. The highest BCUT2D eigenvalue weighted by atomic mass is 16.2. The highest BCUT2D eigenvalue weighted by molar-refractivity contribution is 6.24. The van der Waals surface area contributed by atoms with E-state index < -0.39 is 0 Å². The summed E-state index contributed by atoms with van der Waals surface area (Å²) in [5, 5.41) is 0. The second-order valence-electron chi connectivity index (χ2n) is 9.16. The van der Waals surface area contributed by atoms with E-state index >= 15 is 0 Å². The van der Waals surface area contributed by atoms with Gasteiger partial charge >= 0.3 is 0 Å². The molecule has 2 bridgehead atoms. The maximum absolute atomic E-state index is 14.0. The van der Waals surface area contributed by atoms with Crippen LogP contribution in [0.25, 0.3) is 11.1 Å². The number of hydrogen-bond donors (Lipinski definition) is 0. The second-order valence-corrected chi connectivity index (χ2v) is 9.16. The summed E-state index contributed by atoms with van der Waals surface area (Å²) < 4.78 is 0. The molecule has 1 saturated heterocycles. The predicted molar refractivity (Wildman–Crippen MR) is 128 cm³/mol. The van der Waals surface area contributed by atoms with Gasteiger partial charge in [-0.2, -0.15) is 0 Å². The summed E-state index contributed by atoms with van der Waals surface area (Å²) in [6.45, 7) is 0. The Morgan fingerprint density at radius 2 is 0.909 bits per heavy atom. The van der Waals surface area contributed by atoms with Crippen molar-refractivity contribution in [2.75, 3.05) is 4.90 Å². The topological polar surface area (TPSA) is 37.4 Å². The standard InChI is InChI=1S/C30H21NO2/c32-29-27-25-20-13-4-5-14-21(20)26(23-16-7-6-15-22(23)25)28(27)30(33)31(29)24-17-9-8-12-19(24)18-10-2-1-3-11-18/h1-17,25-28H. The summed E-state index contributed by atoms with van der Waals surface area (Å²) in [6.07, 6.45) is 0. The molecule has 2 amide bonds. The average molecular weight is 428 g/mol. The lowest BCUT2D eigenvalue weighted by Crippen LogP contribution is -2.41. The first-order chi connectivity index (χ1) is 16.3. The van der Waals surface area contributed by atoms with Crippen LogP contribution in [0.1, 0.15) is 34.1 Å². The monoisotopic (exact) mass is 427 g/mol. The van der Waals surface area contributed by atoms with Gasteiger partial charge in [0.15, 0.2) is 0 Å². The van der Waals surface area contributed by atoms with Gasteiger partial charge in [-0.1, -0.05) is 97.1 Å². The lowest BCUT2D eigenvalue weighted by molar-refractivity contribution is -0.122. The van der Waals surface area contributed by atoms with Gasteiger partial charge in [-0.3, -0.25) is 9.59 Å². The summed E-state index contributed by atoms with van der Waals surface area (Å²) >= 11 is 0. The van der Waals surface area contributed by atoms with E-state index in [2.05, 4.69) is 24.3 Å². The van der Waals surface area contributed by atoms with Gasteiger partial charge in [-0.25, -0.2) is 4.90 Å². The fraction of sp³-hybridized carbons (Fsp3) is 0.133. The Labute approximate surface area is 192 Å². The van der Waals surface area contributed by atoms with Crippen molar-refractivity contribution in [2.24, 2.45) is 11.8 Å². The van der Waals surface area contributed by atoms with Crippen LogP contribution in [0, 0.1) is 11.8 Å². The number of nitrogens with zero attached hydrogens (tertiary/aromatic N) is 1. The molecule has 3 aliphatic carbocycles. The molecule has 0 N–H and O–H groups in total. The zero-order valence-corrected chi connectivity index (χ0v) is 17.9. The van der Waals surface area contributed by atoms with E-state index in [1.807, 2.05) is 78.9 Å². The first-order valence-electron chi connectivity index (χ1n) is 11.5. The maximum atomic E-state index is 14.0. The van der Waals surface area contributed by atoms with Gasteiger partial charge in [0.1, 0.15) is 0 Å². The molecule has 0 spiro atoms. The summed E-state index contributed by atoms with van der Waals surface area (Å²) in [5.41, 5.74) is 7.37. The highest BCUT2D eigenvalue weighted by Crippen LogP contribution is 2.61. The molecule has 0 saturated carbocycles. The van der Waals surface area contributed by atoms with Crippen LogP contribution < -0.4 is 4.90 Å². The number of anilines is 1. The second kappa shape index (κ2) is 6.76. The Morgan fingerprint density at radius 1 is 0.485 bits per heavy atom. The van der Waals surface area contributed by atoms with Crippen LogP contribution in [-0.2, 0) is 9.59 Å². The third-order valence-corrected chi connectivity index (χ3v) is 7.68. The quantitative estimate of drug-likeness (QED) is 0.382. The van der Waals surface area contributed by atoms with Crippen molar-refractivity contribution in [1.82, 2.24) is 0 Å². The van der Waals surface area contributed by atoms with E-state index in [4.69, 9.17) is 0 Å². The maximum Gasteiger partial charge on any atom is 0.238 e. The van der Waals surface area contributed by atoms with Crippen molar-refractivity contribution in [3.8, 4) is 11.1 Å². The van der Waals surface area contributed by atoms with Crippen LogP contribution in [0.5, 0.6) is 0 Å². The largest absolute Gasteiger partial charge is 0.274 e. The molecule has 2 unspecified atom stereocenters. The number of para-hydroxylation sites is 1. The molecule has 0 aromatic heterocycles. The molecular formula is C30H21NO2. The number of hydrogen-bond acceptors (Lipinski definition) is 2. The molecule has 1 aliphatic heterocycles. The van der Waals surface area contributed by atoms with Crippen molar-refractivity contribution < 1.29 is 9.59 Å². The van der Waals surface area contributed by atoms with Crippen molar-refractivity contribution in [3.05, 3.63) is 125 Å². The number of amides is 2. The number of carbonyl (C=O) groups excluding carboxylic acids is 2. The van der Waals surface area contributed by atoms with Crippen LogP contribution in [0.3, 0.4) is 0 Å². The molecule has 4 aliphatic rings. The highest BCUT2D eigenvalue weighted by Gasteiger charge is 2.61. The van der Waals surface area contributed by atoms with Gasteiger partial charge in [0.25, 0.3) is 0 Å². The van der Waals surface area contributed by atoms with Crippen LogP contribution in [0.2, 0.25) is 0 Å². The summed E-state index contributed by atoms with van der Waals surface area (Å²) in [5.74, 6) is -1.05. The van der Waals surface area contributed by atoms with Gasteiger partial charge in [0.05, 0.1) is 17.5 Å². The molecule has 2 atom stereocenters. The molecular weight excluding hydrogens is 406 g/mol. The molecule has 4 aromatic rings. The minimum absolute atomic E-state index is 0.0765. The molecule has 0 radical (unpaired) electrons. The number of benzene rings is 4. The normalized spacial score (nSPS) is 24.4. The van der Waals surface area contributed by atoms with Crippen LogP contribution in [-0.4, -0.2) is 11.8 Å². The fourth-order valence-electron chi connectivity index (χ4n) is 6.45. The zero-order chi connectivity index (χ0) is 22.1. The summed E-state index contributed by atoms with van der Waals surface area (Å²) in [7, 11) is 0. The Hall–Kier alpha value is -3.98. The van der Waals surface area contributed by atoms with E-state index in [1.165, 1.54) is 27.2 Å². The molecule has 3 heteroatoms. The van der Waals surface area contributed by atoms with Gasteiger partial charge < -0.3 is 0 Å². The minimum Gasteiger partial charge on any atom is -0.274 e. The van der Waals surface area contributed by atoms with Crippen molar-refractivity contribution >= 4 is 17.5 Å². The SMILES string of the molecule is O=C1C2C3c4ccccc4C(c4ccccc43)C2C(=O)N1c1ccccc1-c1ccccc1. The van der Waals surface area contributed by atoms with E-state index in [-0.39, 0.29) is 35.5 Å². The Balaban J connectivity index is 1.42. The molecule has 1 fully saturated rings. The molecule has 1 heterocycles. The van der Waals surface area contributed by atoms with E-state index in [9.17, 15) is 9.59 Å². The molecule has 3 nitrogen and oxygen atoms in total. The van der Waals surface area contributed by atoms with Crippen molar-refractivity contribution in [3.63, 3.8) is 0 Å². The Morgan fingerprint density at radius 3 is 1.42 bits per heavy atom. The summed E-state index contributed by atoms with van der Waals surface area (Å²) in [4.78, 5) is 29.6. The van der Waals surface area contributed by atoms with Crippen LogP contribution >= 0.6 is 0 Å². The smallest absolute Gasteiger partial charge is 0.238 e. The van der Waals surface area contributed by atoms with E-state index in [0.29, 0.717) is 5.69 Å². The first kappa shape index (κ1) is 18.6. The van der Waals surface area contributed by atoms with Gasteiger partial charge in [-0.15, -0.1) is 0 Å². The Kier molecular flexibility index (Phi) is 3.80. The van der Waals surface area contributed by atoms with Crippen molar-refractivity contribution in [1.29, 1.82) is 0 Å². The fourth-order valence-corrected chi connectivity index (χ4v) is 6.45. The molecule has 8 rings (SSSR count). The lowest BCUT2D eigenvalue weighted by atomic mass is 9.55. The lowest BCUT2D eigenvalue weighted by Gasteiger charge is -2.45. The van der Waals surface area contributed by atoms with Crippen molar-refractivity contribution in [2.45, 2.75) is 11.8 Å². The molecule has 158 valence electrons. The van der Waals surface area contributed by atoms with E-state index in [0.717, 1.165) is 11.1 Å². The number of carbonyl (C=O) groups is 2. The third kappa shape index (κ3) is 2.39. The first-order valence-corrected chi connectivity index (χ1v) is 11.5.